The number of hydrogen-bond donors (Lipinski definition) is 1. The zero-order valence-corrected chi connectivity index (χ0v) is 18.0. The quantitative estimate of drug-likeness (QED) is 0.472. The Labute approximate surface area is 184 Å². The first-order valence-corrected chi connectivity index (χ1v) is 11.3. The fourth-order valence-corrected chi connectivity index (χ4v) is 4.97. The van der Waals surface area contributed by atoms with Crippen LogP contribution in [0.1, 0.15) is 12.5 Å². The van der Waals surface area contributed by atoms with E-state index in [9.17, 15) is 9.90 Å². The molecule has 7 heteroatoms. The number of aromatic nitrogens is 3. The van der Waals surface area contributed by atoms with Gasteiger partial charge in [0.05, 0.1) is 11.3 Å². The predicted molar refractivity (Wildman–Crippen MR) is 124 cm³/mol. The average Bonchev–Trinajstić information content (AvgIpc) is 3.41. The molecule has 0 aliphatic carbocycles. The van der Waals surface area contributed by atoms with E-state index in [-0.39, 0.29) is 17.4 Å². The summed E-state index contributed by atoms with van der Waals surface area (Å²) < 4.78 is 1.94. The molecule has 1 aliphatic rings. The Hall–Kier alpha value is -3.32. The maximum Gasteiger partial charge on any atom is 0.237 e. The molecule has 156 valence electrons. The van der Waals surface area contributed by atoms with Crippen LogP contribution in [-0.2, 0) is 17.8 Å². The van der Waals surface area contributed by atoms with E-state index in [4.69, 9.17) is 0 Å². The summed E-state index contributed by atoms with van der Waals surface area (Å²) in [5.41, 5.74) is 2.86. The van der Waals surface area contributed by atoms with Gasteiger partial charge in [-0.25, -0.2) is 0 Å². The molecular weight excluding hydrogens is 408 g/mol. The first-order valence-electron chi connectivity index (χ1n) is 10.3. The molecule has 1 N–H and O–H groups in total. The molecule has 5 rings (SSSR count). The highest BCUT2D eigenvalue weighted by Crippen LogP contribution is 2.34. The van der Waals surface area contributed by atoms with Gasteiger partial charge in [0.2, 0.25) is 5.91 Å². The number of para-hydroxylation sites is 1. The van der Waals surface area contributed by atoms with Crippen molar-refractivity contribution in [2.24, 2.45) is 0 Å². The second-order valence-corrected chi connectivity index (χ2v) is 8.42. The topological polar surface area (TPSA) is 71.2 Å². The van der Waals surface area contributed by atoms with Crippen LogP contribution in [0, 0.1) is 0 Å². The van der Waals surface area contributed by atoms with Crippen LogP contribution in [0.2, 0.25) is 0 Å². The molecule has 0 radical (unpaired) electrons. The van der Waals surface area contributed by atoms with Crippen LogP contribution in [0.15, 0.2) is 65.8 Å². The Morgan fingerprint density at radius 2 is 1.81 bits per heavy atom. The molecule has 31 heavy (non-hydrogen) atoms. The number of nitrogens with zero attached hydrogens (tertiary/aromatic N) is 4. The van der Waals surface area contributed by atoms with Crippen LogP contribution in [0.25, 0.3) is 22.2 Å². The Balaban J connectivity index is 1.39. The second kappa shape index (κ2) is 8.07. The summed E-state index contributed by atoms with van der Waals surface area (Å²) in [7, 11) is 0. The number of fused-ring (bicyclic) bond motifs is 2. The minimum atomic E-state index is 0.0655. The minimum absolute atomic E-state index is 0.0655. The van der Waals surface area contributed by atoms with Gasteiger partial charge < -0.3 is 14.6 Å². The fraction of sp³-hybridized carbons (Fsp3) is 0.208. The number of hydrogen-bond acceptors (Lipinski definition) is 5. The standard InChI is InChI=1S/C24H22N4O2S/c1-2-27-23(19-13-17-8-3-4-9-18(17)14-21(19)29)25-26-24(27)31-15-22(30)28-12-11-16-7-5-6-10-20(16)28/h3-10,13-14,29H,2,11-12,15H2,1H3. The van der Waals surface area contributed by atoms with Crippen LogP contribution in [0.3, 0.4) is 0 Å². The first-order chi connectivity index (χ1) is 15.2. The third kappa shape index (κ3) is 3.55. The van der Waals surface area contributed by atoms with Gasteiger partial charge in [-0.1, -0.05) is 54.2 Å². The molecule has 1 amide bonds. The van der Waals surface area contributed by atoms with E-state index in [0.717, 1.165) is 29.4 Å². The number of aromatic hydroxyl groups is 1. The average molecular weight is 431 g/mol. The number of phenolic OH excluding ortho intramolecular Hbond substituents is 1. The van der Waals surface area contributed by atoms with E-state index in [1.165, 1.54) is 17.3 Å². The lowest BCUT2D eigenvalue weighted by Crippen LogP contribution is -2.30. The third-order valence-electron chi connectivity index (χ3n) is 5.65. The summed E-state index contributed by atoms with van der Waals surface area (Å²) in [4.78, 5) is 14.7. The number of carbonyl (C=O) groups is 1. The van der Waals surface area contributed by atoms with Crippen LogP contribution in [-0.4, -0.2) is 38.1 Å². The summed E-state index contributed by atoms with van der Waals surface area (Å²) in [6.07, 6.45) is 0.892. The summed E-state index contributed by atoms with van der Waals surface area (Å²) in [5, 5.41) is 21.9. The van der Waals surface area contributed by atoms with Crippen LogP contribution >= 0.6 is 11.8 Å². The van der Waals surface area contributed by atoms with Gasteiger partial charge in [-0.3, -0.25) is 4.79 Å². The molecular formula is C24H22N4O2S. The SMILES string of the molecule is CCn1c(SCC(=O)N2CCc3ccccc32)nnc1-c1cc2ccccc2cc1O. The highest BCUT2D eigenvalue weighted by atomic mass is 32.2. The van der Waals surface area contributed by atoms with Crippen molar-refractivity contribution in [1.29, 1.82) is 0 Å². The van der Waals surface area contributed by atoms with Crippen molar-refractivity contribution in [3.63, 3.8) is 0 Å². The Morgan fingerprint density at radius 1 is 1.06 bits per heavy atom. The largest absolute Gasteiger partial charge is 0.507 e. The van der Waals surface area contributed by atoms with Crippen LogP contribution < -0.4 is 4.90 Å². The Morgan fingerprint density at radius 3 is 2.61 bits per heavy atom. The summed E-state index contributed by atoms with van der Waals surface area (Å²) in [6, 6.07) is 19.6. The van der Waals surface area contributed by atoms with Crippen molar-refractivity contribution in [1.82, 2.24) is 14.8 Å². The first kappa shape index (κ1) is 19.6. The van der Waals surface area contributed by atoms with Crippen LogP contribution in [0.4, 0.5) is 5.69 Å². The molecule has 4 aromatic rings. The molecule has 2 heterocycles. The Bertz CT molecular complexity index is 1280. The maximum absolute atomic E-state index is 12.9. The van der Waals surface area contributed by atoms with Crippen molar-refractivity contribution in [2.75, 3.05) is 17.2 Å². The number of amides is 1. The molecule has 0 atom stereocenters. The van der Waals surface area contributed by atoms with Crippen molar-refractivity contribution in [2.45, 2.75) is 25.0 Å². The Kier molecular flexibility index (Phi) is 5.11. The van der Waals surface area contributed by atoms with Gasteiger partial charge in [0.15, 0.2) is 11.0 Å². The molecule has 0 bridgehead atoms. The van der Waals surface area contributed by atoms with Gasteiger partial charge in [-0.05, 0) is 47.9 Å². The molecule has 6 nitrogen and oxygen atoms in total. The van der Waals surface area contributed by atoms with Crippen LogP contribution in [0.5, 0.6) is 5.75 Å². The van der Waals surface area contributed by atoms with Crippen molar-refractivity contribution < 1.29 is 9.90 Å². The van der Waals surface area contributed by atoms with Gasteiger partial charge >= 0.3 is 0 Å². The molecule has 1 aromatic heterocycles. The minimum Gasteiger partial charge on any atom is -0.507 e. The number of benzene rings is 3. The highest BCUT2D eigenvalue weighted by Gasteiger charge is 2.25. The summed E-state index contributed by atoms with van der Waals surface area (Å²) in [5.74, 6) is 1.13. The molecule has 0 saturated heterocycles. The van der Waals surface area contributed by atoms with E-state index >= 15 is 0 Å². The van der Waals surface area contributed by atoms with E-state index in [2.05, 4.69) is 16.3 Å². The van der Waals surface area contributed by atoms with Gasteiger partial charge in [0.1, 0.15) is 5.75 Å². The monoisotopic (exact) mass is 430 g/mol. The number of rotatable bonds is 5. The van der Waals surface area contributed by atoms with E-state index < -0.39 is 0 Å². The molecule has 0 unspecified atom stereocenters. The lowest BCUT2D eigenvalue weighted by atomic mass is 10.1. The number of carbonyl (C=O) groups excluding carboxylic acids is 1. The second-order valence-electron chi connectivity index (χ2n) is 7.48. The molecule has 3 aromatic carbocycles. The highest BCUT2D eigenvalue weighted by molar-refractivity contribution is 7.99. The molecule has 0 saturated carbocycles. The zero-order chi connectivity index (χ0) is 21.4. The van der Waals surface area contributed by atoms with Gasteiger partial charge in [-0.15, -0.1) is 10.2 Å². The number of anilines is 1. The zero-order valence-electron chi connectivity index (χ0n) is 17.2. The molecule has 0 fully saturated rings. The smallest absolute Gasteiger partial charge is 0.237 e. The van der Waals surface area contributed by atoms with Gasteiger partial charge in [0.25, 0.3) is 0 Å². The fourth-order valence-electron chi connectivity index (χ4n) is 4.09. The number of phenols is 1. The van der Waals surface area contributed by atoms with Gasteiger partial charge in [-0.2, -0.15) is 0 Å². The summed E-state index contributed by atoms with van der Waals surface area (Å²) in [6.45, 7) is 3.36. The lowest BCUT2D eigenvalue weighted by Gasteiger charge is -2.17. The number of thioether (sulfide) groups is 1. The van der Waals surface area contributed by atoms with Crippen molar-refractivity contribution in [3.8, 4) is 17.1 Å². The normalized spacial score (nSPS) is 13.0. The lowest BCUT2D eigenvalue weighted by molar-refractivity contribution is -0.116. The van der Waals surface area contributed by atoms with Gasteiger partial charge in [0, 0.05) is 18.8 Å². The maximum atomic E-state index is 12.9. The van der Waals surface area contributed by atoms with Crippen molar-refractivity contribution >= 4 is 34.1 Å². The molecule has 1 aliphatic heterocycles. The van der Waals surface area contributed by atoms with Crippen molar-refractivity contribution in [3.05, 3.63) is 66.2 Å². The molecule has 0 spiro atoms. The van der Waals surface area contributed by atoms with E-state index in [1.54, 1.807) is 6.07 Å². The third-order valence-corrected chi connectivity index (χ3v) is 6.60. The predicted octanol–water partition coefficient (Wildman–Crippen LogP) is 4.51. The van der Waals surface area contributed by atoms with E-state index in [0.29, 0.717) is 23.1 Å². The summed E-state index contributed by atoms with van der Waals surface area (Å²) >= 11 is 1.38. The van der Waals surface area contributed by atoms with E-state index in [1.807, 2.05) is 64.9 Å².